The van der Waals surface area contributed by atoms with Gasteiger partial charge in [0.15, 0.2) is 0 Å². The molecule has 1 saturated heterocycles. The molecule has 9 heteroatoms. The molecule has 154 valence electrons. The zero-order valence-electron chi connectivity index (χ0n) is 16.1. The van der Waals surface area contributed by atoms with Gasteiger partial charge in [-0.1, -0.05) is 41.6 Å². The van der Waals surface area contributed by atoms with Gasteiger partial charge in [-0.2, -0.15) is 0 Å². The number of pyridine rings is 1. The molecule has 0 saturated carbocycles. The number of benzene rings is 1. The molecule has 0 bridgehead atoms. The monoisotopic (exact) mass is 443 g/mol. The molecule has 7 nitrogen and oxygen atoms in total. The van der Waals surface area contributed by atoms with Crippen molar-refractivity contribution < 1.29 is 18.7 Å². The predicted molar refractivity (Wildman–Crippen MR) is 114 cm³/mol. The Morgan fingerprint density at radius 2 is 2.07 bits per heavy atom. The summed E-state index contributed by atoms with van der Waals surface area (Å²) in [5.41, 5.74) is 2.42. The van der Waals surface area contributed by atoms with Crippen LogP contribution in [0.3, 0.4) is 0 Å². The summed E-state index contributed by atoms with van der Waals surface area (Å²) < 4.78 is 11.5. The first kappa shape index (κ1) is 20.4. The average molecular weight is 444 g/mol. The van der Waals surface area contributed by atoms with Crippen molar-refractivity contribution in [3.8, 4) is 17.3 Å². The van der Waals surface area contributed by atoms with Gasteiger partial charge in [-0.15, -0.1) is 0 Å². The number of oxazole rings is 1. The topological polar surface area (TPSA) is 94.3 Å². The molecule has 0 spiro atoms. The number of hydrogen-bond donors (Lipinski definition) is 1. The first-order valence-electron chi connectivity index (χ1n) is 9.30. The van der Waals surface area contributed by atoms with Crippen LogP contribution in [0, 0.1) is 6.92 Å². The molecule has 1 unspecified atom stereocenters. The van der Waals surface area contributed by atoms with Gasteiger partial charge in [0, 0.05) is 18.7 Å². The Kier molecular flexibility index (Phi) is 6.06. The fourth-order valence-corrected chi connectivity index (χ4v) is 4.10. The molecule has 4 rings (SSSR count). The molecule has 1 atom stereocenters. The lowest BCUT2D eigenvalue weighted by Gasteiger charge is -2.07. The van der Waals surface area contributed by atoms with E-state index in [1.54, 1.807) is 18.3 Å². The second kappa shape index (κ2) is 8.89. The van der Waals surface area contributed by atoms with E-state index in [1.165, 1.54) is 0 Å². The molecule has 3 heterocycles. The lowest BCUT2D eigenvalue weighted by Crippen LogP contribution is -2.25. The van der Waals surface area contributed by atoms with E-state index in [0.717, 1.165) is 34.3 Å². The number of hydrogen-bond acceptors (Lipinski definition) is 7. The minimum Gasteiger partial charge on any atom is -0.477 e. The smallest absolute Gasteiger partial charge is 0.286 e. The summed E-state index contributed by atoms with van der Waals surface area (Å²) >= 11 is 7.22. The van der Waals surface area contributed by atoms with Crippen molar-refractivity contribution in [2.24, 2.45) is 0 Å². The molecule has 1 aliphatic heterocycles. The van der Waals surface area contributed by atoms with Gasteiger partial charge in [-0.25, -0.2) is 9.97 Å². The van der Waals surface area contributed by atoms with Crippen LogP contribution in [0.2, 0.25) is 5.02 Å². The molecule has 1 aliphatic rings. The van der Waals surface area contributed by atoms with Crippen LogP contribution in [0.25, 0.3) is 11.5 Å². The summed E-state index contributed by atoms with van der Waals surface area (Å²) in [7, 11) is 0. The van der Waals surface area contributed by atoms with Crippen molar-refractivity contribution in [1.82, 2.24) is 15.3 Å². The van der Waals surface area contributed by atoms with E-state index in [0.29, 0.717) is 36.2 Å². The fourth-order valence-electron chi connectivity index (χ4n) is 3.02. The Balaban J connectivity index is 1.32. The predicted octanol–water partition coefficient (Wildman–Crippen LogP) is 4.21. The van der Waals surface area contributed by atoms with Crippen LogP contribution in [0.1, 0.15) is 17.0 Å². The molecule has 1 aromatic carbocycles. The number of imide groups is 1. The van der Waals surface area contributed by atoms with E-state index in [2.05, 4.69) is 15.3 Å². The van der Waals surface area contributed by atoms with Crippen molar-refractivity contribution in [2.75, 3.05) is 6.61 Å². The lowest BCUT2D eigenvalue weighted by atomic mass is 10.1. The number of carbonyl (C=O) groups is 2. The Bertz CT molecular complexity index is 1080. The van der Waals surface area contributed by atoms with Gasteiger partial charge in [0.1, 0.15) is 5.76 Å². The van der Waals surface area contributed by atoms with Crippen LogP contribution < -0.4 is 10.1 Å². The number of nitrogens with one attached hydrogen (secondary N) is 1. The molecule has 0 radical (unpaired) electrons. The maximum atomic E-state index is 11.7. The molecule has 2 amide bonds. The Hall–Kier alpha value is -2.84. The third-order valence-corrected chi connectivity index (χ3v) is 5.88. The van der Waals surface area contributed by atoms with E-state index in [1.807, 2.05) is 31.2 Å². The highest BCUT2D eigenvalue weighted by molar-refractivity contribution is 8.15. The van der Waals surface area contributed by atoms with Gasteiger partial charge in [0.25, 0.3) is 5.24 Å². The average Bonchev–Trinajstić information content (AvgIpc) is 3.24. The van der Waals surface area contributed by atoms with E-state index < -0.39 is 5.25 Å². The number of rotatable bonds is 7. The van der Waals surface area contributed by atoms with E-state index in [9.17, 15) is 9.59 Å². The quantitative estimate of drug-likeness (QED) is 0.584. The summed E-state index contributed by atoms with van der Waals surface area (Å²) in [5, 5.41) is 2.15. The fraction of sp³-hybridized carbons (Fsp3) is 0.238. The van der Waals surface area contributed by atoms with Gasteiger partial charge in [0.2, 0.25) is 17.7 Å². The van der Waals surface area contributed by atoms with Crippen LogP contribution in [-0.2, 0) is 17.6 Å². The highest BCUT2D eigenvalue weighted by Crippen LogP contribution is 2.28. The Labute approximate surface area is 182 Å². The molecular formula is C21H18ClN3O4S. The number of carbonyl (C=O) groups excluding carboxylic acids is 2. The van der Waals surface area contributed by atoms with Crippen LogP contribution in [0.4, 0.5) is 4.79 Å². The van der Waals surface area contributed by atoms with Crippen LogP contribution in [0.15, 0.2) is 47.0 Å². The lowest BCUT2D eigenvalue weighted by molar-refractivity contribution is -0.118. The largest absolute Gasteiger partial charge is 0.477 e. The second-order valence-corrected chi connectivity index (χ2v) is 8.27. The number of halogens is 1. The van der Waals surface area contributed by atoms with Crippen molar-refractivity contribution in [1.29, 1.82) is 0 Å². The molecule has 0 aliphatic carbocycles. The summed E-state index contributed by atoms with van der Waals surface area (Å²) in [6, 6.07) is 11.0. The molecule has 1 N–H and O–H groups in total. The number of thioether (sulfide) groups is 1. The maximum Gasteiger partial charge on any atom is 0.286 e. The van der Waals surface area contributed by atoms with Gasteiger partial charge in [-0.3, -0.25) is 14.9 Å². The summed E-state index contributed by atoms with van der Waals surface area (Å²) in [5.74, 6) is 1.43. The van der Waals surface area contributed by atoms with Crippen LogP contribution in [-0.4, -0.2) is 33.0 Å². The van der Waals surface area contributed by atoms with Crippen molar-refractivity contribution in [3.63, 3.8) is 0 Å². The van der Waals surface area contributed by atoms with Crippen molar-refractivity contribution in [2.45, 2.75) is 25.0 Å². The number of nitrogens with zero attached hydrogens (tertiary/aromatic N) is 2. The standard InChI is InChI=1S/C21H18ClN3O4S/c1-12-16(24-20(29-12)14-4-2-3-5-15(14)22)8-9-28-18-7-6-13(11-23-18)10-17-19(26)25-21(27)30-17/h2-7,11,17H,8-10H2,1H3,(H,25,26,27). The van der Waals surface area contributed by atoms with E-state index in [-0.39, 0.29) is 11.1 Å². The number of aryl methyl sites for hydroxylation is 1. The van der Waals surface area contributed by atoms with Gasteiger partial charge < -0.3 is 9.15 Å². The van der Waals surface area contributed by atoms with Crippen molar-refractivity contribution >= 4 is 34.5 Å². The highest BCUT2D eigenvalue weighted by Gasteiger charge is 2.31. The van der Waals surface area contributed by atoms with Gasteiger partial charge in [-0.05, 0) is 31.0 Å². The maximum absolute atomic E-state index is 11.7. The first-order chi connectivity index (χ1) is 14.5. The number of amides is 2. The zero-order valence-corrected chi connectivity index (χ0v) is 17.6. The van der Waals surface area contributed by atoms with E-state index >= 15 is 0 Å². The van der Waals surface area contributed by atoms with E-state index in [4.69, 9.17) is 20.8 Å². The normalized spacial score (nSPS) is 16.0. The van der Waals surface area contributed by atoms with Crippen LogP contribution in [0.5, 0.6) is 5.88 Å². The highest BCUT2D eigenvalue weighted by atomic mass is 35.5. The molecular weight excluding hydrogens is 426 g/mol. The van der Waals surface area contributed by atoms with Gasteiger partial charge in [0.05, 0.1) is 28.1 Å². The minimum atomic E-state index is -0.409. The summed E-state index contributed by atoms with van der Waals surface area (Å²) in [6.07, 6.45) is 2.66. The van der Waals surface area contributed by atoms with Crippen molar-refractivity contribution in [3.05, 3.63) is 64.6 Å². The second-order valence-electron chi connectivity index (χ2n) is 6.69. The molecule has 1 fully saturated rings. The number of ether oxygens (including phenoxy) is 1. The zero-order chi connectivity index (χ0) is 21.1. The number of aromatic nitrogens is 2. The first-order valence-corrected chi connectivity index (χ1v) is 10.6. The molecule has 30 heavy (non-hydrogen) atoms. The van der Waals surface area contributed by atoms with Crippen LogP contribution >= 0.6 is 23.4 Å². The summed E-state index contributed by atoms with van der Waals surface area (Å²) in [6.45, 7) is 2.24. The third kappa shape index (κ3) is 4.66. The minimum absolute atomic E-state index is 0.260. The Morgan fingerprint density at radius 3 is 2.77 bits per heavy atom. The van der Waals surface area contributed by atoms with Gasteiger partial charge >= 0.3 is 0 Å². The SMILES string of the molecule is Cc1oc(-c2ccccc2Cl)nc1CCOc1ccc(CC2SC(=O)NC2=O)cn1. The Morgan fingerprint density at radius 1 is 1.23 bits per heavy atom. The molecule has 3 aromatic rings. The third-order valence-electron chi connectivity index (χ3n) is 4.57. The summed E-state index contributed by atoms with van der Waals surface area (Å²) in [4.78, 5) is 31.7. The molecule has 2 aromatic heterocycles.